The number of aromatic nitrogens is 1. The maximum absolute atomic E-state index is 11.8. The van der Waals surface area contributed by atoms with Crippen molar-refractivity contribution in [1.82, 2.24) is 15.6 Å². The van der Waals surface area contributed by atoms with Gasteiger partial charge in [-0.05, 0) is 11.6 Å². The molecule has 2 N–H and O–H groups in total. The molecule has 108 valence electrons. The van der Waals surface area contributed by atoms with Gasteiger partial charge in [-0.1, -0.05) is 6.07 Å². The topological polar surface area (TPSA) is 89.5 Å². The van der Waals surface area contributed by atoms with Crippen LogP contribution in [-0.2, 0) is 20.8 Å². The Morgan fingerprint density at radius 3 is 3.00 bits per heavy atom. The molecule has 1 saturated heterocycles. The van der Waals surface area contributed by atoms with Crippen LogP contribution in [-0.4, -0.2) is 49.8 Å². The second-order valence-corrected chi connectivity index (χ2v) is 4.34. The van der Waals surface area contributed by atoms with Crippen molar-refractivity contribution in [3.8, 4) is 0 Å². The third-order valence-corrected chi connectivity index (χ3v) is 2.92. The summed E-state index contributed by atoms with van der Waals surface area (Å²) in [5.74, 6) is -0.592. The second kappa shape index (κ2) is 6.97. The molecule has 1 aliphatic heterocycles. The summed E-state index contributed by atoms with van der Waals surface area (Å²) in [6.07, 6.45) is 1.54. The lowest BCUT2D eigenvalue weighted by Gasteiger charge is -2.22. The minimum atomic E-state index is -0.482. The van der Waals surface area contributed by atoms with Crippen LogP contribution in [0.4, 0.5) is 0 Å². The van der Waals surface area contributed by atoms with Crippen LogP contribution in [0.2, 0.25) is 0 Å². The molecule has 1 aromatic rings. The summed E-state index contributed by atoms with van der Waals surface area (Å²) in [5, 5.41) is 5.87. The van der Waals surface area contributed by atoms with Crippen LogP contribution in [0.3, 0.4) is 0 Å². The fourth-order valence-corrected chi connectivity index (χ4v) is 1.80. The fraction of sp³-hybridized carbons (Fsp3) is 0.462. The van der Waals surface area contributed by atoms with Crippen molar-refractivity contribution in [2.45, 2.75) is 12.6 Å². The fourth-order valence-electron chi connectivity index (χ4n) is 1.80. The van der Waals surface area contributed by atoms with Crippen LogP contribution in [0.15, 0.2) is 18.3 Å². The van der Waals surface area contributed by atoms with Crippen molar-refractivity contribution in [3.05, 3.63) is 29.6 Å². The van der Waals surface area contributed by atoms with Crippen LogP contribution in [0, 0.1) is 0 Å². The summed E-state index contributed by atoms with van der Waals surface area (Å²) in [7, 11) is 1.30. The van der Waals surface area contributed by atoms with Gasteiger partial charge in [0.1, 0.15) is 11.7 Å². The van der Waals surface area contributed by atoms with E-state index in [-0.39, 0.29) is 17.6 Å². The van der Waals surface area contributed by atoms with E-state index in [1.54, 1.807) is 12.1 Å². The summed E-state index contributed by atoms with van der Waals surface area (Å²) in [6.45, 7) is 2.03. The average Bonchev–Trinajstić information content (AvgIpc) is 2.53. The van der Waals surface area contributed by atoms with Crippen LogP contribution < -0.4 is 10.6 Å². The normalized spacial score (nSPS) is 18.4. The van der Waals surface area contributed by atoms with Crippen molar-refractivity contribution in [1.29, 1.82) is 0 Å². The summed E-state index contributed by atoms with van der Waals surface area (Å²) >= 11 is 0. The molecule has 7 nitrogen and oxygen atoms in total. The van der Waals surface area contributed by atoms with E-state index in [0.717, 1.165) is 5.56 Å². The largest absolute Gasteiger partial charge is 0.464 e. The van der Waals surface area contributed by atoms with Gasteiger partial charge in [-0.15, -0.1) is 0 Å². The highest BCUT2D eigenvalue weighted by Crippen LogP contribution is 2.02. The van der Waals surface area contributed by atoms with Crippen LogP contribution in [0.1, 0.15) is 16.1 Å². The van der Waals surface area contributed by atoms with E-state index in [1.165, 1.54) is 13.3 Å². The number of pyridine rings is 1. The molecule has 2 rings (SSSR count). The predicted octanol–water partition coefficient (Wildman–Crippen LogP) is -0.527. The number of nitrogens with zero attached hydrogens (tertiary/aromatic N) is 1. The first-order valence-electron chi connectivity index (χ1n) is 6.33. The van der Waals surface area contributed by atoms with Gasteiger partial charge in [0, 0.05) is 19.3 Å². The Hall–Kier alpha value is -1.99. The number of hydrogen-bond donors (Lipinski definition) is 2. The lowest BCUT2D eigenvalue weighted by molar-refractivity contribution is -0.126. The molecule has 1 amide bonds. The number of carbonyl (C=O) groups is 2. The van der Waals surface area contributed by atoms with Crippen LogP contribution in [0.25, 0.3) is 0 Å². The summed E-state index contributed by atoms with van der Waals surface area (Å²) in [5.41, 5.74) is 1.05. The van der Waals surface area contributed by atoms with Gasteiger partial charge in [0.05, 0.1) is 20.3 Å². The van der Waals surface area contributed by atoms with Crippen LogP contribution in [0.5, 0.6) is 0 Å². The second-order valence-electron chi connectivity index (χ2n) is 4.34. The number of hydrogen-bond acceptors (Lipinski definition) is 6. The molecule has 0 unspecified atom stereocenters. The molecule has 7 heteroatoms. The first-order chi connectivity index (χ1) is 9.70. The molecule has 1 atom stereocenters. The van der Waals surface area contributed by atoms with Gasteiger partial charge < -0.3 is 20.1 Å². The lowest BCUT2D eigenvalue weighted by atomic mass is 10.2. The molecule has 0 aromatic carbocycles. The average molecular weight is 279 g/mol. The molecular weight excluding hydrogens is 262 g/mol. The molecule has 20 heavy (non-hydrogen) atoms. The Bertz CT molecular complexity index is 469. The van der Waals surface area contributed by atoms with Crippen molar-refractivity contribution >= 4 is 11.9 Å². The van der Waals surface area contributed by atoms with Gasteiger partial charge in [0.25, 0.3) is 0 Å². The molecule has 1 aliphatic rings. The van der Waals surface area contributed by atoms with Gasteiger partial charge in [-0.25, -0.2) is 9.78 Å². The molecule has 2 heterocycles. The van der Waals surface area contributed by atoms with E-state index in [9.17, 15) is 9.59 Å². The molecular formula is C13H17N3O4. The van der Waals surface area contributed by atoms with E-state index in [2.05, 4.69) is 20.4 Å². The third-order valence-electron chi connectivity index (χ3n) is 2.92. The molecule has 0 spiro atoms. The number of carbonyl (C=O) groups excluding carboxylic acids is 2. The number of esters is 1. The summed E-state index contributed by atoms with van der Waals surface area (Å²) < 4.78 is 9.78. The molecule has 1 aromatic heterocycles. The van der Waals surface area contributed by atoms with Crippen molar-refractivity contribution in [2.24, 2.45) is 0 Å². The highest BCUT2D eigenvalue weighted by Gasteiger charge is 2.20. The van der Waals surface area contributed by atoms with Gasteiger partial charge in [0.2, 0.25) is 5.91 Å². The van der Waals surface area contributed by atoms with Crippen LogP contribution >= 0.6 is 0 Å². The molecule has 0 saturated carbocycles. The summed E-state index contributed by atoms with van der Waals surface area (Å²) in [6, 6.07) is 2.98. The zero-order valence-corrected chi connectivity index (χ0v) is 11.2. The Kier molecular flexibility index (Phi) is 5.03. The van der Waals surface area contributed by atoms with E-state index in [0.29, 0.717) is 26.3 Å². The molecule has 0 radical (unpaired) electrons. The SMILES string of the molecule is COC(=O)c1ccc(CNC(=O)[C@H]2COCCN2)cn1. The molecule has 1 fully saturated rings. The minimum absolute atomic E-state index is 0.109. The monoisotopic (exact) mass is 279 g/mol. The number of ether oxygens (including phenoxy) is 2. The van der Waals surface area contributed by atoms with Gasteiger partial charge in [-0.2, -0.15) is 0 Å². The number of rotatable bonds is 4. The van der Waals surface area contributed by atoms with Gasteiger partial charge in [-0.3, -0.25) is 4.79 Å². The Labute approximate surface area is 116 Å². The van der Waals surface area contributed by atoms with E-state index in [4.69, 9.17) is 4.74 Å². The number of nitrogens with one attached hydrogen (secondary N) is 2. The third kappa shape index (κ3) is 3.75. The van der Waals surface area contributed by atoms with Crippen molar-refractivity contribution in [2.75, 3.05) is 26.9 Å². The quantitative estimate of drug-likeness (QED) is 0.720. The van der Waals surface area contributed by atoms with E-state index >= 15 is 0 Å². The highest BCUT2D eigenvalue weighted by atomic mass is 16.5. The first kappa shape index (κ1) is 14.4. The van der Waals surface area contributed by atoms with Crippen molar-refractivity contribution in [3.63, 3.8) is 0 Å². The maximum Gasteiger partial charge on any atom is 0.356 e. The molecule has 0 aliphatic carbocycles. The molecule has 0 bridgehead atoms. The zero-order chi connectivity index (χ0) is 14.4. The predicted molar refractivity (Wildman–Crippen MR) is 70.0 cm³/mol. The maximum atomic E-state index is 11.8. The first-order valence-corrected chi connectivity index (χ1v) is 6.33. The van der Waals surface area contributed by atoms with Gasteiger partial charge >= 0.3 is 5.97 Å². The highest BCUT2D eigenvalue weighted by molar-refractivity contribution is 5.87. The zero-order valence-electron chi connectivity index (χ0n) is 11.2. The number of methoxy groups -OCH3 is 1. The number of amides is 1. The van der Waals surface area contributed by atoms with Gasteiger partial charge in [0.15, 0.2) is 0 Å². The standard InChI is InChI=1S/C13H17N3O4/c1-19-13(18)10-3-2-9(6-15-10)7-16-12(17)11-8-20-5-4-14-11/h2-3,6,11,14H,4-5,7-8H2,1H3,(H,16,17)/t11-/m1/s1. The minimum Gasteiger partial charge on any atom is -0.464 e. The summed E-state index contributed by atoms with van der Waals surface area (Å²) in [4.78, 5) is 27.0. The van der Waals surface area contributed by atoms with Crippen molar-refractivity contribution < 1.29 is 19.1 Å². The number of morpholine rings is 1. The Morgan fingerprint density at radius 1 is 1.55 bits per heavy atom. The lowest BCUT2D eigenvalue weighted by Crippen LogP contribution is -2.51. The smallest absolute Gasteiger partial charge is 0.356 e. The Balaban J connectivity index is 1.84. The van der Waals surface area contributed by atoms with E-state index in [1.807, 2.05) is 0 Å². The Morgan fingerprint density at radius 2 is 2.40 bits per heavy atom. The van der Waals surface area contributed by atoms with E-state index < -0.39 is 5.97 Å².